The summed E-state index contributed by atoms with van der Waals surface area (Å²) in [5.74, 6) is 0.678. The van der Waals surface area contributed by atoms with Gasteiger partial charge in [-0.2, -0.15) is 0 Å². The quantitative estimate of drug-likeness (QED) is 0.784. The lowest BCUT2D eigenvalue weighted by Gasteiger charge is -2.10. The molecule has 3 rings (SSSR count). The predicted octanol–water partition coefficient (Wildman–Crippen LogP) is 3.49. The van der Waals surface area contributed by atoms with Gasteiger partial charge in [0.1, 0.15) is 5.82 Å². The van der Waals surface area contributed by atoms with Crippen molar-refractivity contribution in [3.05, 3.63) is 59.9 Å². The molecule has 0 aliphatic heterocycles. The molecule has 0 unspecified atom stereocenters. The Bertz CT molecular complexity index is 741. The van der Waals surface area contributed by atoms with E-state index in [2.05, 4.69) is 35.1 Å². The minimum Gasteiger partial charge on any atom is -0.324 e. The molecule has 0 aliphatic carbocycles. The van der Waals surface area contributed by atoms with Crippen LogP contribution < -0.4 is 5.73 Å². The fourth-order valence-corrected chi connectivity index (χ4v) is 2.26. The second-order valence-electron chi connectivity index (χ2n) is 4.52. The number of fused-ring (bicyclic) bond motifs is 1. The van der Waals surface area contributed by atoms with Gasteiger partial charge >= 0.3 is 0 Å². The van der Waals surface area contributed by atoms with Crippen molar-refractivity contribution in [3.63, 3.8) is 0 Å². The number of benzene rings is 2. The summed E-state index contributed by atoms with van der Waals surface area (Å²) in [6.07, 6.45) is 0. The molecular formula is C16H16ClN3. The Hall–Kier alpha value is -1.97. The molecule has 1 aromatic heterocycles. The molecule has 0 amide bonds. The number of hydrogen-bond acceptors (Lipinski definition) is 3. The summed E-state index contributed by atoms with van der Waals surface area (Å²) in [5, 5.41) is 1.06. The zero-order chi connectivity index (χ0) is 13.2. The van der Waals surface area contributed by atoms with E-state index in [4.69, 9.17) is 5.73 Å². The molecular weight excluding hydrogens is 270 g/mol. The van der Waals surface area contributed by atoms with E-state index in [-0.39, 0.29) is 12.4 Å². The van der Waals surface area contributed by atoms with Crippen LogP contribution in [0.15, 0.2) is 48.5 Å². The largest absolute Gasteiger partial charge is 0.324 e. The van der Waals surface area contributed by atoms with Crippen LogP contribution in [0.4, 0.5) is 0 Å². The maximum absolute atomic E-state index is 5.70. The van der Waals surface area contributed by atoms with Crippen molar-refractivity contribution in [2.75, 3.05) is 0 Å². The van der Waals surface area contributed by atoms with Gasteiger partial charge in [-0.05, 0) is 18.6 Å². The minimum absolute atomic E-state index is 0. The van der Waals surface area contributed by atoms with Crippen LogP contribution in [0.2, 0.25) is 0 Å². The van der Waals surface area contributed by atoms with E-state index in [1.165, 1.54) is 5.56 Å². The van der Waals surface area contributed by atoms with Gasteiger partial charge in [-0.25, -0.2) is 9.97 Å². The molecule has 0 spiro atoms. The van der Waals surface area contributed by atoms with Gasteiger partial charge in [0.2, 0.25) is 0 Å². The maximum Gasteiger partial charge on any atom is 0.143 e. The number of hydrogen-bond donors (Lipinski definition) is 1. The molecule has 102 valence electrons. The molecule has 2 N–H and O–H groups in total. The Morgan fingerprint density at radius 3 is 2.40 bits per heavy atom. The molecule has 0 saturated carbocycles. The van der Waals surface area contributed by atoms with Gasteiger partial charge in [-0.1, -0.05) is 42.5 Å². The summed E-state index contributed by atoms with van der Waals surface area (Å²) in [6, 6.07) is 16.3. The van der Waals surface area contributed by atoms with E-state index in [1.54, 1.807) is 0 Å². The molecule has 0 bridgehead atoms. The average Bonchev–Trinajstić information content (AvgIpc) is 2.46. The zero-order valence-electron chi connectivity index (χ0n) is 11.2. The van der Waals surface area contributed by atoms with E-state index in [1.807, 2.05) is 30.3 Å². The van der Waals surface area contributed by atoms with E-state index in [0.717, 1.165) is 22.2 Å². The number of halogens is 1. The molecule has 2 aromatic carbocycles. The first kappa shape index (κ1) is 14.4. The fraction of sp³-hybridized carbons (Fsp3) is 0.125. The highest BCUT2D eigenvalue weighted by Gasteiger charge is 2.10. The third kappa shape index (κ3) is 2.50. The number of nitrogens with zero attached hydrogens (tertiary/aromatic N) is 2. The summed E-state index contributed by atoms with van der Waals surface area (Å²) in [4.78, 5) is 9.09. The number of para-hydroxylation sites is 1. The summed E-state index contributed by atoms with van der Waals surface area (Å²) < 4.78 is 0. The van der Waals surface area contributed by atoms with Crippen LogP contribution in [0.5, 0.6) is 0 Å². The summed E-state index contributed by atoms with van der Waals surface area (Å²) in [5.41, 5.74) is 9.94. The van der Waals surface area contributed by atoms with Crippen LogP contribution in [0.1, 0.15) is 11.4 Å². The lowest BCUT2D eigenvalue weighted by molar-refractivity contribution is 0.929. The predicted molar refractivity (Wildman–Crippen MR) is 84.9 cm³/mol. The second kappa shape index (κ2) is 5.99. The highest BCUT2D eigenvalue weighted by atomic mass is 35.5. The first-order valence-corrected chi connectivity index (χ1v) is 6.31. The Labute approximate surface area is 124 Å². The molecule has 3 aromatic rings. The van der Waals surface area contributed by atoms with Crippen molar-refractivity contribution < 1.29 is 0 Å². The van der Waals surface area contributed by atoms with E-state index in [0.29, 0.717) is 12.4 Å². The summed E-state index contributed by atoms with van der Waals surface area (Å²) in [6.45, 7) is 2.44. The Morgan fingerprint density at radius 2 is 1.65 bits per heavy atom. The Morgan fingerprint density at radius 1 is 0.950 bits per heavy atom. The number of aryl methyl sites for hydroxylation is 1. The lowest BCUT2D eigenvalue weighted by Crippen LogP contribution is -2.05. The minimum atomic E-state index is 0. The first-order chi connectivity index (χ1) is 9.29. The Balaban J connectivity index is 0.00000147. The van der Waals surface area contributed by atoms with Crippen LogP contribution in [0.25, 0.3) is 22.2 Å². The van der Waals surface area contributed by atoms with Gasteiger partial charge in [0.25, 0.3) is 0 Å². The van der Waals surface area contributed by atoms with Gasteiger partial charge in [-0.3, -0.25) is 0 Å². The molecule has 0 fully saturated rings. The zero-order valence-corrected chi connectivity index (χ0v) is 12.0. The molecule has 1 heterocycles. The number of nitrogens with two attached hydrogens (primary N) is 1. The van der Waals surface area contributed by atoms with E-state index < -0.39 is 0 Å². The van der Waals surface area contributed by atoms with E-state index in [9.17, 15) is 0 Å². The van der Waals surface area contributed by atoms with Gasteiger partial charge < -0.3 is 5.73 Å². The van der Waals surface area contributed by atoms with Crippen LogP contribution in [0, 0.1) is 6.92 Å². The monoisotopic (exact) mass is 285 g/mol. The second-order valence-corrected chi connectivity index (χ2v) is 4.52. The van der Waals surface area contributed by atoms with Gasteiger partial charge in [0, 0.05) is 10.9 Å². The summed E-state index contributed by atoms with van der Waals surface area (Å²) in [7, 11) is 0. The average molecular weight is 286 g/mol. The fourth-order valence-electron chi connectivity index (χ4n) is 2.26. The van der Waals surface area contributed by atoms with Gasteiger partial charge in [-0.15, -0.1) is 12.4 Å². The van der Waals surface area contributed by atoms with Crippen molar-refractivity contribution >= 4 is 23.3 Å². The van der Waals surface area contributed by atoms with E-state index >= 15 is 0 Å². The third-order valence-corrected chi connectivity index (χ3v) is 3.23. The standard InChI is InChI=1S/C16H15N3.ClH/c1-11-6-2-3-7-12(11)16-13-8-4-5-9-14(13)18-15(10-17)19-16;/h2-9H,10,17H2,1H3;1H. The van der Waals surface area contributed by atoms with Crippen molar-refractivity contribution in [3.8, 4) is 11.3 Å². The Kier molecular flexibility index (Phi) is 4.32. The van der Waals surface area contributed by atoms with Crippen LogP contribution in [-0.4, -0.2) is 9.97 Å². The summed E-state index contributed by atoms with van der Waals surface area (Å²) >= 11 is 0. The molecule has 0 radical (unpaired) electrons. The molecule has 3 nitrogen and oxygen atoms in total. The lowest BCUT2D eigenvalue weighted by atomic mass is 10.0. The van der Waals surface area contributed by atoms with Crippen molar-refractivity contribution in [2.24, 2.45) is 5.73 Å². The first-order valence-electron chi connectivity index (χ1n) is 6.31. The molecule has 0 saturated heterocycles. The van der Waals surface area contributed by atoms with Crippen molar-refractivity contribution in [1.82, 2.24) is 9.97 Å². The smallest absolute Gasteiger partial charge is 0.143 e. The molecule has 20 heavy (non-hydrogen) atoms. The number of aromatic nitrogens is 2. The van der Waals surface area contributed by atoms with Crippen molar-refractivity contribution in [2.45, 2.75) is 13.5 Å². The topological polar surface area (TPSA) is 51.8 Å². The molecule has 0 aliphatic rings. The maximum atomic E-state index is 5.70. The SMILES string of the molecule is Cc1ccccc1-c1nc(CN)nc2ccccc12.Cl. The third-order valence-electron chi connectivity index (χ3n) is 3.23. The molecule has 4 heteroatoms. The van der Waals surface area contributed by atoms with Crippen LogP contribution in [-0.2, 0) is 6.54 Å². The van der Waals surface area contributed by atoms with Crippen molar-refractivity contribution in [1.29, 1.82) is 0 Å². The van der Waals surface area contributed by atoms with Gasteiger partial charge in [0.05, 0.1) is 17.8 Å². The highest BCUT2D eigenvalue weighted by Crippen LogP contribution is 2.28. The number of rotatable bonds is 2. The van der Waals surface area contributed by atoms with Crippen LogP contribution in [0.3, 0.4) is 0 Å². The normalized spacial score (nSPS) is 10.3. The van der Waals surface area contributed by atoms with Crippen LogP contribution >= 0.6 is 12.4 Å². The van der Waals surface area contributed by atoms with Gasteiger partial charge in [0.15, 0.2) is 0 Å². The molecule has 0 atom stereocenters. The highest BCUT2D eigenvalue weighted by molar-refractivity contribution is 5.92.